The van der Waals surface area contributed by atoms with Gasteiger partial charge in [-0.15, -0.1) is 0 Å². The average Bonchev–Trinajstić information content (AvgIpc) is 2.66. The van der Waals surface area contributed by atoms with E-state index in [0.717, 1.165) is 25.7 Å². The molecule has 25 heavy (non-hydrogen) atoms. The molecule has 1 aliphatic rings. The minimum atomic E-state index is -0.898. The Morgan fingerprint density at radius 1 is 1.16 bits per heavy atom. The van der Waals surface area contributed by atoms with Crippen molar-refractivity contribution in [2.75, 3.05) is 13.7 Å². The number of amides is 1. The van der Waals surface area contributed by atoms with Crippen molar-refractivity contribution in [2.45, 2.75) is 51.7 Å². The second-order valence-corrected chi connectivity index (χ2v) is 6.17. The molecule has 136 valence electrons. The molecule has 1 fully saturated rings. The van der Waals surface area contributed by atoms with Crippen molar-refractivity contribution in [2.24, 2.45) is 0 Å². The number of carbonyl (C=O) groups excluding carboxylic acids is 3. The lowest BCUT2D eigenvalue weighted by molar-refractivity contribution is -0.143. The summed E-state index contributed by atoms with van der Waals surface area (Å²) in [4.78, 5) is 38.7. The van der Waals surface area contributed by atoms with Crippen molar-refractivity contribution in [3.05, 3.63) is 35.4 Å². The Morgan fingerprint density at radius 3 is 2.40 bits per heavy atom. The number of hydrogen-bond acceptors (Lipinski definition) is 5. The van der Waals surface area contributed by atoms with Crippen molar-refractivity contribution >= 4 is 17.8 Å². The fraction of sp³-hybridized carbons (Fsp3) is 0.526. The molecule has 0 bridgehead atoms. The molecule has 1 aromatic rings. The van der Waals surface area contributed by atoms with E-state index in [1.165, 1.54) is 19.2 Å². The van der Waals surface area contributed by atoms with Gasteiger partial charge in [0.1, 0.15) is 0 Å². The predicted octanol–water partition coefficient (Wildman–Crippen LogP) is 2.81. The van der Waals surface area contributed by atoms with Gasteiger partial charge in [-0.2, -0.15) is 0 Å². The molecule has 0 aromatic heterocycles. The zero-order valence-corrected chi connectivity index (χ0v) is 15.0. The normalized spacial score (nSPS) is 18.4. The van der Waals surface area contributed by atoms with Crippen LogP contribution < -0.4 is 0 Å². The number of nitrogens with zero attached hydrogens (tertiary/aromatic N) is 1. The van der Waals surface area contributed by atoms with Crippen LogP contribution in [0.25, 0.3) is 0 Å². The van der Waals surface area contributed by atoms with E-state index in [9.17, 15) is 14.4 Å². The number of ether oxygens (including phenoxy) is 2. The molecule has 1 aromatic carbocycles. The lowest BCUT2D eigenvalue weighted by Gasteiger charge is -2.36. The smallest absolute Gasteiger partial charge is 0.339 e. The van der Waals surface area contributed by atoms with Crippen molar-refractivity contribution < 1.29 is 23.9 Å². The summed E-state index contributed by atoms with van der Waals surface area (Å²) in [6.45, 7) is 4.32. The van der Waals surface area contributed by atoms with Gasteiger partial charge in [-0.05, 0) is 44.7 Å². The minimum Gasteiger partial charge on any atom is -0.465 e. The topological polar surface area (TPSA) is 72.9 Å². The highest BCUT2D eigenvalue weighted by Crippen LogP contribution is 2.21. The highest BCUT2D eigenvalue weighted by Gasteiger charge is 2.31. The summed E-state index contributed by atoms with van der Waals surface area (Å²) in [6.07, 6.45) is 3.05. The Labute approximate surface area is 148 Å². The molecule has 1 heterocycles. The monoisotopic (exact) mass is 347 g/mol. The molecule has 2 rings (SSSR count). The zero-order valence-electron chi connectivity index (χ0n) is 15.0. The third kappa shape index (κ3) is 4.38. The molecule has 0 aliphatic carbocycles. The average molecular weight is 347 g/mol. The summed E-state index contributed by atoms with van der Waals surface area (Å²) in [7, 11) is 1.25. The van der Waals surface area contributed by atoms with Crippen LogP contribution in [0.4, 0.5) is 0 Å². The molecule has 0 saturated carbocycles. The van der Waals surface area contributed by atoms with Crippen LogP contribution in [0.2, 0.25) is 0 Å². The van der Waals surface area contributed by atoms with Crippen LogP contribution in [0.3, 0.4) is 0 Å². The van der Waals surface area contributed by atoms with Crippen LogP contribution in [-0.2, 0) is 14.3 Å². The highest BCUT2D eigenvalue weighted by atomic mass is 16.5. The first kappa shape index (κ1) is 19.0. The van der Waals surface area contributed by atoms with Gasteiger partial charge in [-0.1, -0.05) is 19.1 Å². The molecule has 0 spiro atoms. The van der Waals surface area contributed by atoms with Crippen molar-refractivity contribution in [1.29, 1.82) is 0 Å². The number of esters is 2. The van der Waals surface area contributed by atoms with Crippen molar-refractivity contribution in [1.82, 2.24) is 4.90 Å². The number of benzene rings is 1. The third-order valence-electron chi connectivity index (χ3n) is 4.57. The third-order valence-corrected chi connectivity index (χ3v) is 4.57. The molecule has 0 N–H and O–H groups in total. The van der Waals surface area contributed by atoms with Crippen LogP contribution in [0.1, 0.15) is 60.2 Å². The van der Waals surface area contributed by atoms with Gasteiger partial charge in [0.25, 0.3) is 5.91 Å². The van der Waals surface area contributed by atoms with Gasteiger partial charge >= 0.3 is 11.9 Å². The van der Waals surface area contributed by atoms with Gasteiger partial charge in [-0.25, -0.2) is 9.59 Å². The van der Waals surface area contributed by atoms with E-state index in [1.807, 2.05) is 4.90 Å². The largest absolute Gasteiger partial charge is 0.465 e. The van der Waals surface area contributed by atoms with E-state index in [0.29, 0.717) is 6.54 Å². The van der Waals surface area contributed by atoms with Crippen LogP contribution in [0, 0.1) is 0 Å². The molecule has 6 heteroatoms. The highest BCUT2D eigenvalue weighted by molar-refractivity contribution is 6.03. The maximum absolute atomic E-state index is 12.7. The Bertz CT molecular complexity index is 642. The number of piperidine rings is 1. The summed E-state index contributed by atoms with van der Waals surface area (Å²) < 4.78 is 10.0. The first-order valence-corrected chi connectivity index (χ1v) is 8.68. The fourth-order valence-corrected chi connectivity index (χ4v) is 3.17. The molecular weight excluding hydrogens is 322 g/mol. The Hall–Kier alpha value is -2.37. The van der Waals surface area contributed by atoms with Gasteiger partial charge in [-0.3, -0.25) is 4.79 Å². The summed E-state index contributed by atoms with van der Waals surface area (Å²) in [5, 5.41) is 0. The maximum atomic E-state index is 12.7. The predicted molar refractivity (Wildman–Crippen MR) is 92.3 cm³/mol. The summed E-state index contributed by atoms with van der Waals surface area (Å²) in [5.41, 5.74) is 0.221. The van der Waals surface area contributed by atoms with Gasteiger partial charge < -0.3 is 14.4 Å². The van der Waals surface area contributed by atoms with E-state index < -0.39 is 18.0 Å². The summed E-state index contributed by atoms with van der Waals surface area (Å²) in [6, 6.07) is 6.45. The molecule has 2 unspecified atom stereocenters. The second kappa shape index (κ2) is 8.65. The number of hydrogen-bond donors (Lipinski definition) is 0. The minimum absolute atomic E-state index is 0.0969. The zero-order chi connectivity index (χ0) is 18.4. The number of methoxy groups -OCH3 is 1. The first-order valence-electron chi connectivity index (χ1n) is 8.68. The van der Waals surface area contributed by atoms with E-state index in [4.69, 9.17) is 4.74 Å². The summed E-state index contributed by atoms with van der Waals surface area (Å²) >= 11 is 0. The van der Waals surface area contributed by atoms with Gasteiger partial charge in [0.2, 0.25) is 0 Å². The fourth-order valence-electron chi connectivity index (χ4n) is 3.17. The Kier molecular flexibility index (Phi) is 6.56. The molecule has 1 saturated heterocycles. The van der Waals surface area contributed by atoms with Crippen molar-refractivity contribution in [3.63, 3.8) is 0 Å². The number of carbonyl (C=O) groups is 3. The first-order chi connectivity index (χ1) is 12.0. The van der Waals surface area contributed by atoms with E-state index in [1.54, 1.807) is 19.1 Å². The number of rotatable bonds is 5. The lowest BCUT2D eigenvalue weighted by Crippen LogP contribution is -2.48. The molecule has 1 aliphatic heterocycles. The molecule has 0 radical (unpaired) electrons. The number of likely N-dealkylation sites (tertiary alicyclic amines) is 1. The van der Waals surface area contributed by atoms with E-state index in [2.05, 4.69) is 11.7 Å². The van der Waals surface area contributed by atoms with Crippen molar-refractivity contribution in [3.8, 4) is 0 Å². The maximum Gasteiger partial charge on any atom is 0.339 e. The lowest BCUT2D eigenvalue weighted by atomic mass is 9.99. The Morgan fingerprint density at radius 2 is 1.80 bits per heavy atom. The molecule has 6 nitrogen and oxygen atoms in total. The van der Waals surface area contributed by atoms with E-state index in [-0.39, 0.29) is 23.1 Å². The quantitative estimate of drug-likeness (QED) is 0.766. The molecular formula is C19H25NO5. The van der Waals surface area contributed by atoms with Crippen LogP contribution in [0.15, 0.2) is 24.3 Å². The molecule has 2 atom stereocenters. The van der Waals surface area contributed by atoms with Crippen LogP contribution in [-0.4, -0.2) is 48.5 Å². The van der Waals surface area contributed by atoms with Crippen LogP contribution in [0.5, 0.6) is 0 Å². The Balaban J connectivity index is 2.10. The second-order valence-electron chi connectivity index (χ2n) is 6.17. The van der Waals surface area contributed by atoms with Gasteiger partial charge in [0, 0.05) is 12.6 Å². The van der Waals surface area contributed by atoms with Crippen LogP contribution >= 0.6 is 0 Å². The van der Waals surface area contributed by atoms with Gasteiger partial charge in [0.05, 0.1) is 18.2 Å². The van der Waals surface area contributed by atoms with Gasteiger partial charge in [0.15, 0.2) is 6.10 Å². The SMILES string of the molecule is CCC1CCCCN1C(=O)C(C)OC(=O)c1ccccc1C(=O)OC. The standard InChI is InChI=1S/C19H25NO5/c1-4-14-9-7-8-12-20(14)17(21)13(2)25-19(23)16-11-6-5-10-15(16)18(22)24-3/h5-6,10-11,13-14H,4,7-9,12H2,1-3H3. The summed E-state index contributed by atoms with van der Waals surface area (Å²) in [5.74, 6) is -1.50. The molecule has 1 amide bonds. The van der Waals surface area contributed by atoms with E-state index >= 15 is 0 Å².